The Hall–Kier alpha value is -1.59. The summed E-state index contributed by atoms with van der Waals surface area (Å²) >= 11 is 0. The van der Waals surface area contributed by atoms with Crippen molar-refractivity contribution in [2.24, 2.45) is 0 Å². The highest BCUT2D eigenvalue weighted by molar-refractivity contribution is 5.90. The van der Waals surface area contributed by atoms with Gasteiger partial charge in [-0.2, -0.15) is 4.98 Å². The summed E-state index contributed by atoms with van der Waals surface area (Å²) in [7, 11) is 0. The minimum absolute atomic E-state index is 0.0987. The zero-order valence-electron chi connectivity index (χ0n) is 7.79. The fourth-order valence-corrected chi connectivity index (χ4v) is 1.70. The Balaban J connectivity index is 1.95. The Morgan fingerprint density at radius 2 is 2.21 bits per heavy atom. The maximum Gasteiger partial charge on any atom is 0.288 e. The van der Waals surface area contributed by atoms with Crippen LogP contribution in [0.15, 0.2) is 0 Å². The SMILES string of the molecule is Nc1n[nH]c(C(=O)NC2CCCC2)n1. The summed E-state index contributed by atoms with van der Waals surface area (Å²) in [4.78, 5) is 15.3. The van der Waals surface area contributed by atoms with Crippen LogP contribution >= 0.6 is 0 Å². The molecule has 1 heterocycles. The number of nitrogens with zero attached hydrogens (tertiary/aromatic N) is 2. The molecule has 1 amide bonds. The Kier molecular flexibility index (Phi) is 2.34. The molecular formula is C8H13N5O. The lowest BCUT2D eigenvalue weighted by Crippen LogP contribution is -2.33. The Bertz CT molecular complexity index is 328. The maximum atomic E-state index is 11.5. The third-order valence-corrected chi connectivity index (χ3v) is 2.41. The monoisotopic (exact) mass is 195 g/mol. The number of nitrogens with two attached hydrogens (primary N) is 1. The minimum atomic E-state index is -0.221. The molecule has 1 aromatic heterocycles. The van der Waals surface area contributed by atoms with Crippen LogP contribution in [0.4, 0.5) is 5.95 Å². The van der Waals surface area contributed by atoms with Crippen LogP contribution in [0.3, 0.4) is 0 Å². The number of rotatable bonds is 2. The molecule has 0 bridgehead atoms. The molecule has 0 spiro atoms. The number of anilines is 1. The molecule has 0 unspecified atom stereocenters. The number of carbonyl (C=O) groups excluding carboxylic acids is 1. The molecule has 2 rings (SSSR count). The fourth-order valence-electron chi connectivity index (χ4n) is 1.70. The second-order valence-corrected chi connectivity index (χ2v) is 3.50. The first kappa shape index (κ1) is 8.98. The first-order valence-corrected chi connectivity index (χ1v) is 4.74. The number of aromatic nitrogens is 3. The Morgan fingerprint density at radius 3 is 2.79 bits per heavy atom. The lowest BCUT2D eigenvalue weighted by atomic mass is 10.2. The summed E-state index contributed by atoms with van der Waals surface area (Å²) in [6.07, 6.45) is 4.47. The van der Waals surface area contributed by atoms with Crippen molar-refractivity contribution in [3.8, 4) is 0 Å². The predicted molar refractivity (Wildman–Crippen MR) is 50.5 cm³/mol. The molecule has 0 aliphatic heterocycles. The summed E-state index contributed by atoms with van der Waals surface area (Å²) < 4.78 is 0. The first-order chi connectivity index (χ1) is 6.75. The van der Waals surface area contributed by atoms with Gasteiger partial charge < -0.3 is 11.1 Å². The zero-order chi connectivity index (χ0) is 9.97. The lowest BCUT2D eigenvalue weighted by molar-refractivity contribution is 0.0928. The molecule has 1 saturated carbocycles. The van der Waals surface area contributed by atoms with E-state index in [1.54, 1.807) is 0 Å². The van der Waals surface area contributed by atoms with E-state index in [4.69, 9.17) is 5.73 Å². The average Bonchev–Trinajstić information content (AvgIpc) is 2.75. The van der Waals surface area contributed by atoms with Crippen LogP contribution in [0.1, 0.15) is 36.3 Å². The van der Waals surface area contributed by atoms with Gasteiger partial charge >= 0.3 is 0 Å². The standard InChI is InChI=1S/C8H13N5O/c9-8-11-6(12-13-8)7(14)10-5-3-1-2-4-5/h5H,1-4H2,(H,10,14)(H3,9,11,12,13). The Morgan fingerprint density at radius 1 is 1.50 bits per heavy atom. The quantitative estimate of drug-likeness (QED) is 0.621. The molecule has 1 aliphatic carbocycles. The molecule has 76 valence electrons. The van der Waals surface area contributed by atoms with E-state index in [-0.39, 0.29) is 23.7 Å². The van der Waals surface area contributed by atoms with Crippen molar-refractivity contribution in [1.29, 1.82) is 0 Å². The second kappa shape index (κ2) is 3.65. The molecule has 0 aromatic carbocycles. The van der Waals surface area contributed by atoms with Crippen molar-refractivity contribution in [2.75, 3.05) is 5.73 Å². The Labute approximate surface area is 81.3 Å². The molecule has 0 radical (unpaired) electrons. The van der Waals surface area contributed by atoms with E-state index >= 15 is 0 Å². The van der Waals surface area contributed by atoms with Crippen molar-refractivity contribution < 1.29 is 4.79 Å². The number of carbonyl (C=O) groups is 1. The van der Waals surface area contributed by atoms with Crippen molar-refractivity contribution in [2.45, 2.75) is 31.7 Å². The highest BCUT2D eigenvalue weighted by Crippen LogP contribution is 2.17. The zero-order valence-corrected chi connectivity index (χ0v) is 7.79. The summed E-state index contributed by atoms with van der Waals surface area (Å²) in [6.45, 7) is 0. The van der Waals surface area contributed by atoms with Crippen molar-refractivity contribution in [1.82, 2.24) is 20.5 Å². The number of nitrogen functional groups attached to an aromatic ring is 1. The van der Waals surface area contributed by atoms with E-state index in [2.05, 4.69) is 20.5 Å². The van der Waals surface area contributed by atoms with Crippen molar-refractivity contribution in [3.63, 3.8) is 0 Å². The smallest absolute Gasteiger partial charge is 0.288 e. The molecule has 0 saturated heterocycles. The third-order valence-electron chi connectivity index (χ3n) is 2.41. The molecule has 4 N–H and O–H groups in total. The fraction of sp³-hybridized carbons (Fsp3) is 0.625. The topological polar surface area (TPSA) is 96.7 Å². The highest BCUT2D eigenvalue weighted by Gasteiger charge is 2.19. The van der Waals surface area contributed by atoms with Gasteiger partial charge in [-0.05, 0) is 12.8 Å². The number of aromatic amines is 1. The number of H-pyrrole nitrogens is 1. The number of hydrogen-bond donors (Lipinski definition) is 3. The molecule has 14 heavy (non-hydrogen) atoms. The van der Waals surface area contributed by atoms with Gasteiger partial charge in [-0.3, -0.25) is 9.89 Å². The molecule has 1 aliphatic rings. The van der Waals surface area contributed by atoms with Gasteiger partial charge in [0.15, 0.2) is 0 Å². The number of amides is 1. The highest BCUT2D eigenvalue weighted by atomic mass is 16.2. The van der Waals surface area contributed by atoms with Crippen LogP contribution in [0.25, 0.3) is 0 Å². The van der Waals surface area contributed by atoms with E-state index in [1.165, 1.54) is 12.8 Å². The van der Waals surface area contributed by atoms with E-state index in [1.807, 2.05) is 0 Å². The summed E-state index contributed by atoms with van der Waals surface area (Å²) in [5, 5.41) is 8.95. The largest absolute Gasteiger partial charge is 0.366 e. The first-order valence-electron chi connectivity index (χ1n) is 4.74. The van der Waals surface area contributed by atoms with Gasteiger partial charge in [-0.15, -0.1) is 5.10 Å². The molecule has 6 heteroatoms. The van der Waals surface area contributed by atoms with Crippen molar-refractivity contribution >= 4 is 11.9 Å². The summed E-state index contributed by atoms with van der Waals surface area (Å²) in [6, 6.07) is 0.286. The van der Waals surface area contributed by atoms with Crippen LogP contribution in [0.5, 0.6) is 0 Å². The van der Waals surface area contributed by atoms with Crippen LogP contribution in [0.2, 0.25) is 0 Å². The summed E-state index contributed by atoms with van der Waals surface area (Å²) in [5.41, 5.74) is 5.29. The van der Waals surface area contributed by atoms with E-state index in [9.17, 15) is 4.79 Å². The van der Waals surface area contributed by atoms with Crippen LogP contribution in [-0.4, -0.2) is 27.1 Å². The van der Waals surface area contributed by atoms with Crippen molar-refractivity contribution in [3.05, 3.63) is 5.82 Å². The molecular weight excluding hydrogens is 182 g/mol. The maximum absolute atomic E-state index is 11.5. The average molecular weight is 195 g/mol. The number of hydrogen-bond acceptors (Lipinski definition) is 4. The molecule has 0 atom stereocenters. The predicted octanol–water partition coefficient (Wildman–Crippen LogP) is 0.0593. The van der Waals surface area contributed by atoms with Gasteiger partial charge in [0.2, 0.25) is 11.8 Å². The van der Waals surface area contributed by atoms with Crippen LogP contribution in [-0.2, 0) is 0 Å². The molecule has 1 aromatic rings. The minimum Gasteiger partial charge on any atom is -0.366 e. The number of nitrogens with one attached hydrogen (secondary N) is 2. The van der Waals surface area contributed by atoms with Gasteiger partial charge in [0.1, 0.15) is 0 Å². The van der Waals surface area contributed by atoms with Gasteiger partial charge in [-0.1, -0.05) is 12.8 Å². The van der Waals surface area contributed by atoms with E-state index in [0.29, 0.717) is 0 Å². The van der Waals surface area contributed by atoms with Gasteiger partial charge in [0.05, 0.1) is 0 Å². The van der Waals surface area contributed by atoms with Gasteiger partial charge in [0, 0.05) is 6.04 Å². The van der Waals surface area contributed by atoms with Crippen LogP contribution in [0, 0.1) is 0 Å². The van der Waals surface area contributed by atoms with E-state index < -0.39 is 0 Å². The second-order valence-electron chi connectivity index (χ2n) is 3.50. The normalized spacial score (nSPS) is 17.1. The molecule has 6 nitrogen and oxygen atoms in total. The third kappa shape index (κ3) is 1.84. The molecule has 1 fully saturated rings. The van der Waals surface area contributed by atoms with Crippen LogP contribution < -0.4 is 11.1 Å². The van der Waals surface area contributed by atoms with Gasteiger partial charge in [0.25, 0.3) is 5.91 Å². The lowest BCUT2D eigenvalue weighted by Gasteiger charge is -2.09. The van der Waals surface area contributed by atoms with Gasteiger partial charge in [-0.25, -0.2) is 0 Å². The summed E-state index contributed by atoms with van der Waals surface area (Å²) in [5.74, 6) is 0.0667. The van der Waals surface area contributed by atoms with E-state index in [0.717, 1.165) is 12.8 Å².